The fraction of sp³-hybridized carbons (Fsp3) is 0.682. The maximum absolute atomic E-state index is 12.9. The Morgan fingerprint density at radius 3 is 2.63 bits per heavy atom. The van der Waals surface area contributed by atoms with Crippen molar-refractivity contribution >= 4 is 16.0 Å². The Morgan fingerprint density at radius 2 is 2.00 bits per heavy atom. The molecule has 1 unspecified atom stereocenters. The van der Waals surface area contributed by atoms with Gasteiger partial charge in [0.05, 0.1) is 4.90 Å². The molecule has 0 radical (unpaired) electrons. The third-order valence-corrected chi connectivity index (χ3v) is 6.95. The van der Waals surface area contributed by atoms with E-state index in [9.17, 15) is 8.42 Å². The van der Waals surface area contributed by atoms with E-state index in [1.807, 2.05) is 12.1 Å². The second-order valence-electron chi connectivity index (χ2n) is 8.43. The highest BCUT2D eigenvalue weighted by atomic mass is 32.2. The van der Waals surface area contributed by atoms with Gasteiger partial charge < -0.3 is 15.4 Å². The van der Waals surface area contributed by atoms with E-state index >= 15 is 0 Å². The van der Waals surface area contributed by atoms with E-state index in [0.29, 0.717) is 36.4 Å². The first-order valence-corrected chi connectivity index (χ1v) is 12.4. The molecule has 1 aliphatic rings. The molecule has 30 heavy (non-hydrogen) atoms. The lowest BCUT2D eigenvalue weighted by Gasteiger charge is -2.30. The Labute approximate surface area is 182 Å². The highest BCUT2D eigenvalue weighted by Gasteiger charge is 2.28. The van der Waals surface area contributed by atoms with Crippen molar-refractivity contribution in [1.29, 1.82) is 0 Å². The predicted molar refractivity (Wildman–Crippen MR) is 122 cm³/mol. The fourth-order valence-corrected chi connectivity index (χ4v) is 5.00. The second kappa shape index (κ2) is 12.3. The molecular formula is C22H38N4O3S. The van der Waals surface area contributed by atoms with Crippen molar-refractivity contribution in [3.63, 3.8) is 0 Å². The number of ether oxygens (including phenoxy) is 1. The average molecular weight is 439 g/mol. The van der Waals surface area contributed by atoms with Gasteiger partial charge in [0, 0.05) is 46.4 Å². The molecule has 2 N–H and O–H groups in total. The van der Waals surface area contributed by atoms with Crippen molar-refractivity contribution in [3.8, 4) is 0 Å². The number of piperidine rings is 1. The highest BCUT2D eigenvalue weighted by molar-refractivity contribution is 7.89. The van der Waals surface area contributed by atoms with Crippen molar-refractivity contribution in [1.82, 2.24) is 14.9 Å². The minimum Gasteiger partial charge on any atom is -0.381 e. The van der Waals surface area contributed by atoms with Gasteiger partial charge in [-0.2, -0.15) is 4.31 Å². The molecule has 1 fully saturated rings. The largest absolute Gasteiger partial charge is 0.381 e. The summed E-state index contributed by atoms with van der Waals surface area (Å²) in [4.78, 5) is 4.59. The summed E-state index contributed by atoms with van der Waals surface area (Å²) < 4.78 is 32.9. The molecule has 1 saturated heterocycles. The van der Waals surface area contributed by atoms with Crippen LogP contribution in [-0.4, -0.2) is 58.6 Å². The van der Waals surface area contributed by atoms with Crippen LogP contribution in [0.1, 0.15) is 45.6 Å². The molecule has 1 aliphatic heterocycles. The molecule has 0 aliphatic carbocycles. The van der Waals surface area contributed by atoms with Crippen molar-refractivity contribution in [2.24, 2.45) is 16.8 Å². The number of benzene rings is 1. The minimum atomic E-state index is -3.41. The third-order valence-electron chi connectivity index (χ3n) is 5.07. The maximum atomic E-state index is 12.9. The number of hydrogen-bond donors (Lipinski definition) is 2. The summed E-state index contributed by atoms with van der Waals surface area (Å²) in [7, 11) is -1.67. The normalized spacial score (nSPS) is 18.6. The quantitative estimate of drug-likeness (QED) is 0.333. The lowest BCUT2D eigenvalue weighted by atomic mass is 10.0. The van der Waals surface area contributed by atoms with Gasteiger partial charge in [0.15, 0.2) is 5.96 Å². The van der Waals surface area contributed by atoms with Crippen LogP contribution >= 0.6 is 0 Å². The summed E-state index contributed by atoms with van der Waals surface area (Å²) in [5, 5.41) is 6.53. The summed E-state index contributed by atoms with van der Waals surface area (Å²) in [6.45, 7) is 10.5. The van der Waals surface area contributed by atoms with Crippen LogP contribution in [0.15, 0.2) is 34.2 Å². The summed E-state index contributed by atoms with van der Waals surface area (Å²) in [5.74, 6) is 1.69. The molecule has 1 atom stereocenters. The van der Waals surface area contributed by atoms with Gasteiger partial charge in [-0.1, -0.05) is 32.9 Å². The van der Waals surface area contributed by atoms with E-state index in [0.717, 1.165) is 50.5 Å². The first kappa shape index (κ1) is 24.6. The number of sulfonamides is 1. The van der Waals surface area contributed by atoms with Gasteiger partial charge in [0.25, 0.3) is 0 Å². The lowest BCUT2D eigenvalue weighted by Crippen LogP contribution is -2.39. The molecule has 0 bridgehead atoms. The molecule has 170 valence electrons. The molecule has 7 nitrogen and oxygen atoms in total. The van der Waals surface area contributed by atoms with Gasteiger partial charge in [-0.25, -0.2) is 8.42 Å². The predicted octanol–water partition coefficient (Wildman–Crippen LogP) is 2.83. The maximum Gasteiger partial charge on any atom is 0.243 e. The number of hydrogen-bond acceptors (Lipinski definition) is 4. The molecular weight excluding hydrogens is 400 g/mol. The second-order valence-corrected chi connectivity index (χ2v) is 10.4. The van der Waals surface area contributed by atoms with Crippen LogP contribution in [0, 0.1) is 11.8 Å². The van der Waals surface area contributed by atoms with Gasteiger partial charge >= 0.3 is 0 Å². The minimum absolute atomic E-state index is 0.365. The van der Waals surface area contributed by atoms with Crippen LogP contribution in [0.3, 0.4) is 0 Å². The summed E-state index contributed by atoms with van der Waals surface area (Å²) in [6, 6.07) is 7.13. The van der Waals surface area contributed by atoms with E-state index in [4.69, 9.17) is 4.74 Å². The molecule has 1 aromatic carbocycles. The summed E-state index contributed by atoms with van der Waals surface area (Å²) >= 11 is 0. The number of nitrogens with zero attached hydrogens (tertiary/aromatic N) is 2. The lowest BCUT2D eigenvalue weighted by molar-refractivity contribution is 0.108. The zero-order valence-electron chi connectivity index (χ0n) is 18.9. The van der Waals surface area contributed by atoms with Gasteiger partial charge in [-0.3, -0.25) is 4.99 Å². The monoisotopic (exact) mass is 438 g/mol. The molecule has 8 heteroatoms. The number of rotatable bonds is 10. The highest BCUT2D eigenvalue weighted by Crippen LogP contribution is 2.23. The Balaban J connectivity index is 1.79. The number of guanidine groups is 1. The summed E-state index contributed by atoms with van der Waals surface area (Å²) in [6.07, 6.45) is 2.93. The van der Waals surface area contributed by atoms with Crippen LogP contribution in [0.25, 0.3) is 0 Å². The van der Waals surface area contributed by atoms with E-state index in [1.54, 1.807) is 23.5 Å². The fourth-order valence-electron chi connectivity index (χ4n) is 3.40. The van der Waals surface area contributed by atoms with E-state index in [1.165, 1.54) is 0 Å². The third kappa shape index (κ3) is 7.89. The van der Waals surface area contributed by atoms with Crippen LogP contribution in [0.2, 0.25) is 0 Å². The molecule has 0 aromatic heterocycles. The van der Waals surface area contributed by atoms with Gasteiger partial charge in [0.2, 0.25) is 10.0 Å². The first-order valence-electron chi connectivity index (χ1n) is 10.9. The van der Waals surface area contributed by atoms with Crippen molar-refractivity contribution in [3.05, 3.63) is 29.8 Å². The van der Waals surface area contributed by atoms with Crippen molar-refractivity contribution in [2.45, 2.75) is 51.5 Å². The first-order chi connectivity index (χ1) is 14.3. The van der Waals surface area contributed by atoms with Crippen molar-refractivity contribution < 1.29 is 13.2 Å². The smallest absolute Gasteiger partial charge is 0.243 e. The number of nitrogens with one attached hydrogen (secondary N) is 2. The van der Waals surface area contributed by atoms with E-state index < -0.39 is 10.0 Å². The standard InChI is InChI=1S/C22H38N4O3S/c1-18(2)17-29-14-6-12-24-22(23-4)25-15-20-8-10-21(11-9-20)30(27,28)26-13-5-7-19(3)16-26/h8-11,18-19H,5-7,12-17H2,1-4H3,(H2,23,24,25). The van der Waals surface area contributed by atoms with Gasteiger partial charge in [-0.15, -0.1) is 0 Å². The number of aliphatic imine (C=N–C) groups is 1. The van der Waals surface area contributed by atoms with Crippen LogP contribution in [-0.2, 0) is 21.3 Å². The van der Waals surface area contributed by atoms with E-state index in [-0.39, 0.29) is 0 Å². The molecule has 1 aromatic rings. The Bertz CT molecular complexity index is 763. The van der Waals surface area contributed by atoms with Gasteiger partial charge in [0.1, 0.15) is 0 Å². The molecule has 0 amide bonds. The van der Waals surface area contributed by atoms with Crippen molar-refractivity contribution in [2.75, 3.05) is 39.9 Å². The molecule has 0 spiro atoms. The van der Waals surface area contributed by atoms with Crippen LogP contribution in [0.4, 0.5) is 0 Å². The molecule has 1 heterocycles. The van der Waals surface area contributed by atoms with Crippen LogP contribution < -0.4 is 10.6 Å². The molecule has 0 saturated carbocycles. The Hall–Kier alpha value is -1.64. The SMILES string of the molecule is CN=C(NCCCOCC(C)C)NCc1ccc(S(=O)(=O)N2CCCC(C)C2)cc1. The molecule has 2 rings (SSSR count). The zero-order valence-corrected chi connectivity index (χ0v) is 19.7. The Kier molecular flexibility index (Phi) is 10.1. The Morgan fingerprint density at radius 1 is 1.27 bits per heavy atom. The van der Waals surface area contributed by atoms with E-state index in [2.05, 4.69) is 36.4 Å². The summed E-state index contributed by atoms with van der Waals surface area (Å²) in [5.41, 5.74) is 1.00. The van der Waals surface area contributed by atoms with Gasteiger partial charge in [-0.05, 0) is 48.8 Å². The average Bonchev–Trinajstić information content (AvgIpc) is 2.72. The van der Waals surface area contributed by atoms with Crippen LogP contribution in [0.5, 0.6) is 0 Å². The zero-order chi connectivity index (χ0) is 22.0. The topological polar surface area (TPSA) is 83.0 Å².